The van der Waals surface area contributed by atoms with E-state index in [-0.39, 0.29) is 5.91 Å². The van der Waals surface area contributed by atoms with E-state index in [4.69, 9.17) is 0 Å². The Kier molecular flexibility index (Phi) is 7.71. The lowest BCUT2D eigenvalue weighted by atomic mass is 10.1. The zero-order valence-corrected chi connectivity index (χ0v) is 14.4. The molecule has 1 aromatic heterocycles. The largest absolute Gasteiger partial charge is 0.361 e. The molecule has 3 nitrogen and oxygen atoms in total. The fourth-order valence-corrected chi connectivity index (χ4v) is 2.95. The molecule has 0 bridgehead atoms. The molecule has 0 saturated heterocycles. The molecule has 126 valence electrons. The number of rotatable bonds is 11. The minimum atomic E-state index is 0.128. The molecule has 0 aliphatic rings. The van der Waals surface area contributed by atoms with Crippen LogP contribution in [0.4, 0.5) is 5.69 Å². The number of benzene rings is 1. The predicted molar refractivity (Wildman–Crippen MR) is 98.8 cm³/mol. The van der Waals surface area contributed by atoms with E-state index in [0.29, 0.717) is 6.42 Å². The Bertz CT molecular complexity index is 588. The summed E-state index contributed by atoms with van der Waals surface area (Å²) in [6.45, 7) is 2.25. The van der Waals surface area contributed by atoms with Gasteiger partial charge in [-0.15, -0.1) is 0 Å². The molecule has 1 amide bonds. The van der Waals surface area contributed by atoms with Gasteiger partial charge in [-0.2, -0.15) is 0 Å². The summed E-state index contributed by atoms with van der Waals surface area (Å²) in [5.74, 6) is 0.128. The Hall–Kier alpha value is -1.77. The van der Waals surface area contributed by atoms with Crippen LogP contribution in [-0.2, 0) is 4.79 Å². The smallest absolute Gasteiger partial charge is 0.224 e. The highest BCUT2D eigenvalue weighted by Gasteiger charge is 2.03. The monoisotopic (exact) mass is 314 g/mol. The Balaban J connectivity index is 1.55. The first-order valence-corrected chi connectivity index (χ1v) is 9.16. The number of H-pyrrole nitrogens is 1. The number of amides is 1. The minimum Gasteiger partial charge on any atom is -0.361 e. The van der Waals surface area contributed by atoms with Crippen molar-refractivity contribution in [3.05, 3.63) is 30.5 Å². The lowest BCUT2D eigenvalue weighted by molar-refractivity contribution is -0.116. The molecule has 0 aliphatic carbocycles. The van der Waals surface area contributed by atoms with Crippen molar-refractivity contribution in [2.24, 2.45) is 0 Å². The highest BCUT2D eigenvalue weighted by molar-refractivity contribution is 5.93. The van der Waals surface area contributed by atoms with Crippen LogP contribution in [0.5, 0.6) is 0 Å². The molecule has 0 fully saturated rings. The van der Waals surface area contributed by atoms with Crippen LogP contribution in [0, 0.1) is 0 Å². The minimum absolute atomic E-state index is 0.128. The van der Waals surface area contributed by atoms with Gasteiger partial charge in [-0.05, 0) is 30.7 Å². The standard InChI is InChI=1S/C20H30N2O/c1-2-3-4-5-6-7-8-9-10-11-20(23)22-18-12-13-19-17(16-18)14-15-21-19/h12-16,21H,2-11H2,1H3,(H,22,23). The molecule has 0 unspecified atom stereocenters. The quantitative estimate of drug-likeness (QED) is 0.489. The molecule has 0 saturated carbocycles. The average Bonchev–Trinajstić information content (AvgIpc) is 3.01. The molecule has 1 heterocycles. The van der Waals surface area contributed by atoms with Crippen LogP contribution in [0.25, 0.3) is 10.9 Å². The number of anilines is 1. The number of fused-ring (bicyclic) bond motifs is 1. The Morgan fingerprint density at radius 1 is 0.957 bits per heavy atom. The normalized spacial score (nSPS) is 11.0. The molecular formula is C20H30N2O. The first-order chi connectivity index (χ1) is 11.3. The van der Waals surface area contributed by atoms with E-state index < -0.39 is 0 Å². The summed E-state index contributed by atoms with van der Waals surface area (Å²) in [4.78, 5) is 15.1. The molecule has 0 aliphatic heterocycles. The predicted octanol–water partition coefficient (Wildman–Crippen LogP) is 6.03. The third kappa shape index (κ3) is 6.47. The van der Waals surface area contributed by atoms with E-state index in [1.165, 1.54) is 44.9 Å². The van der Waals surface area contributed by atoms with Crippen molar-refractivity contribution in [3.8, 4) is 0 Å². The van der Waals surface area contributed by atoms with E-state index in [0.717, 1.165) is 29.4 Å². The van der Waals surface area contributed by atoms with Crippen LogP contribution in [0.2, 0.25) is 0 Å². The van der Waals surface area contributed by atoms with Gasteiger partial charge in [0.25, 0.3) is 0 Å². The van der Waals surface area contributed by atoms with Crippen molar-refractivity contribution in [3.63, 3.8) is 0 Å². The Labute approximate surface area is 139 Å². The number of carbonyl (C=O) groups excluding carboxylic acids is 1. The lowest BCUT2D eigenvalue weighted by Gasteiger charge is -2.06. The van der Waals surface area contributed by atoms with Crippen LogP contribution < -0.4 is 5.32 Å². The first-order valence-electron chi connectivity index (χ1n) is 9.16. The van der Waals surface area contributed by atoms with Gasteiger partial charge in [0.15, 0.2) is 0 Å². The summed E-state index contributed by atoms with van der Waals surface area (Å²) in [6, 6.07) is 7.99. The molecule has 23 heavy (non-hydrogen) atoms. The molecule has 0 radical (unpaired) electrons. The maximum Gasteiger partial charge on any atom is 0.224 e. The molecule has 2 N–H and O–H groups in total. The number of hydrogen-bond acceptors (Lipinski definition) is 1. The van der Waals surface area contributed by atoms with Gasteiger partial charge in [0, 0.05) is 29.2 Å². The number of aromatic nitrogens is 1. The number of unbranched alkanes of at least 4 members (excludes halogenated alkanes) is 8. The molecule has 2 aromatic rings. The topological polar surface area (TPSA) is 44.9 Å². The number of carbonyl (C=O) groups is 1. The second kappa shape index (κ2) is 10.1. The lowest BCUT2D eigenvalue weighted by Crippen LogP contribution is -2.10. The van der Waals surface area contributed by atoms with Crippen molar-refractivity contribution >= 4 is 22.5 Å². The van der Waals surface area contributed by atoms with Gasteiger partial charge in [0.1, 0.15) is 0 Å². The van der Waals surface area contributed by atoms with Gasteiger partial charge in [0.05, 0.1) is 0 Å². The van der Waals surface area contributed by atoms with E-state index in [2.05, 4.69) is 17.2 Å². The molecule has 1 aromatic carbocycles. The summed E-state index contributed by atoms with van der Waals surface area (Å²) in [6.07, 6.45) is 14.1. The first kappa shape index (κ1) is 17.6. The maximum absolute atomic E-state index is 12.0. The molecular weight excluding hydrogens is 284 g/mol. The Morgan fingerprint density at radius 3 is 2.39 bits per heavy atom. The van der Waals surface area contributed by atoms with Crippen LogP contribution in [0.15, 0.2) is 30.5 Å². The fraction of sp³-hybridized carbons (Fsp3) is 0.550. The van der Waals surface area contributed by atoms with Gasteiger partial charge < -0.3 is 10.3 Å². The van der Waals surface area contributed by atoms with Crippen molar-refractivity contribution in [1.82, 2.24) is 4.98 Å². The number of nitrogens with one attached hydrogen (secondary N) is 2. The van der Waals surface area contributed by atoms with Crippen molar-refractivity contribution in [2.75, 3.05) is 5.32 Å². The third-order valence-electron chi connectivity index (χ3n) is 4.34. The van der Waals surface area contributed by atoms with Crippen molar-refractivity contribution < 1.29 is 4.79 Å². The average molecular weight is 314 g/mol. The maximum atomic E-state index is 12.0. The molecule has 0 spiro atoms. The summed E-state index contributed by atoms with van der Waals surface area (Å²) < 4.78 is 0. The van der Waals surface area contributed by atoms with Gasteiger partial charge in [-0.25, -0.2) is 0 Å². The van der Waals surface area contributed by atoms with E-state index in [1.54, 1.807) is 0 Å². The van der Waals surface area contributed by atoms with Gasteiger partial charge in [-0.3, -0.25) is 4.79 Å². The van der Waals surface area contributed by atoms with Crippen LogP contribution >= 0.6 is 0 Å². The molecule has 2 rings (SSSR count). The number of aromatic amines is 1. The third-order valence-corrected chi connectivity index (χ3v) is 4.34. The van der Waals surface area contributed by atoms with E-state index in [9.17, 15) is 4.79 Å². The van der Waals surface area contributed by atoms with E-state index >= 15 is 0 Å². The molecule has 0 atom stereocenters. The highest BCUT2D eigenvalue weighted by Crippen LogP contribution is 2.18. The summed E-state index contributed by atoms with van der Waals surface area (Å²) in [5, 5.41) is 4.13. The van der Waals surface area contributed by atoms with Crippen LogP contribution in [0.3, 0.4) is 0 Å². The number of hydrogen-bond donors (Lipinski definition) is 2. The fourth-order valence-electron chi connectivity index (χ4n) is 2.95. The molecule has 3 heteroatoms. The van der Waals surface area contributed by atoms with Gasteiger partial charge >= 0.3 is 0 Å². The van der Waals surface area contributed by atoms with Gasteiger partial charge in [0.2, 0.25) is 5.91 Å². The summed E-state index contributed by atoms with van der Waals surface area (Å²) >= 11 is 0. The van der Waals surface area contributed by atoms with E-state index in [1.807, 2.05) is 30.5 Å². The second-order valence-corrected chi connectivity index (χ2v) is 6.41. The van der Waals surface area contributed by atoms with Crippen molar-refractivity contribution in [1.29, 1.82) is 0 Å². The summed E-state index contributed by atoms with van der Waals surface area (Å²) in [7, 11) is 0. The summed E-state index contributed by atoms with van der Waals surface area (Å²) in [5.41, 5.74) is 1.99. The van der Waals surface area contributed by atoms with Gasteiger partial charge in [-0.1, -0.05) is 58.3 Å². The zero-order valence-electron chi connectivity index (χ0n) is 14.4. The SMILES string of the molecule is CCCCCCCCCCCC(=O)Nc1ccc2[nH]ccc2c1. The van der Waals surface area contributed by atoms with Crippen LogP contribution in [-0.4, -0.2) is 10.9 Å². The van der Waals surface area contributed by atoms with Crippen molar-refractivity contribution in [2.45, 2.75) is 71.1 Å². The highest BCUT2D eigenvalue weighted by atomic mass is 16.1. The zero-order chi connectivity index (χ0) is 16.3. The Morgan fingerprint density at radius 2 is 1.65 bits per heavy atom. The van der Waals surface area contributed by atoms with Crippen LogP contribution in [0.1, 0.15) is 71.1 Å². The second-order valence-electron chi connectivity index (χ2n) is 6.41.